The smallest absolute Gasteiger partial charge is 0.198 e. The summed E-state index contributed by atoms with van der Waals surface area (Å²) in [7, 11) is 0. The molecule has 0 aliphatic rings. The van der Waals surface area contributed by atoms with Gasteiger partial charge in [-0.3, -0.25) is 0 Å². The van der Waals surface area contributed by atoms with Crippen LogP contribution in [0.15, 0.2) is 23.7 Å². The summed E-state index contributed by atoms with van der Waals surface area (Å²) in [5.41, 5.74) is 0. The van der Waals surface area contributed by atoms with Gasteiger partial charge in [-0.2, -0.15) is 0 Å². The summed E-state index contributed by atoms with van der Waals surface area (Å²) in [6.07, 6.45) is 1.49. The van der Waals surface area contributed by atoms with Gasteiger partial charge in [-0.25, -0.2) is 4.98 Å². The number of nitrogens with zero attached hydrogens (tertiary/aromatic N) is 2. The van der Waals surface area contributed by atoms with E-state index in [9.17, 15) is 4.91 Å². The highest BCUT2D eigenvalue weighted by molar-refractivity contribution is 6.30. The Kier molecular flexibility index (Phi) is 2.17. The lowest BCUT2D eigenvalue weighted by molar-refractivity contribution is 0.333. The second kappa shape index (κ2) is 3.12. The first-order valence-corrected chi connectivity index (χ1v) is 2.82. The van der Waals surface area contributed by atoms with Gasteiger partial charge in [0, 0.05) is 6.20 Å². The largest absolute Gasteiger partial charge is 0.321 e. The molecule has 52 valence electrons. The maximum Gasteiger partial charge on any atom is 0.198 e. The van der Waals surface area contributed by atoms with E-state index in [2.05, 4.69) is 15.2 Å². The highest BCUT2D eigenvalue weighted by Gasteiger charge is 1.99. The third kappa shape index (κ3) is 1.41. The van der Waals surface area contributed by atoms with Crippen LogP contribution in [0.5, 0.6) is 5.75 Å². The van der Waals surface area contributed by atoms with Gasteiger partial charge < -0.3 is 4.84 Å². The molecule has 0 bridgehead atoms. The van der Waals surface area contributed by atoms with Gasteiger partial charge in [-0.05, 0) is 12.1 Å². The second-order valence-electron chi connectivity index (χ2n) is 1.46. The van der Waals surface area contributed by atoms with Crippen LogP contribution in [0, 0.1) is 4.91 Å². The van der Waals surface area contributed by atoms with Crippen molar-refractivity contribution in [1.29, 1.82) is 0 Å². The fraction of sp³-hybridized carbons (Fsp3) is 0. The number of hydrogen-bond donors (Lipinski definition) is 0. The Morgan fingerprint density at radius 2 is 2.50 bits per heavy atom. The number of rotatable bonds is 2. The molecule has 10 heavy (non-hydrogen) atoms. The molecular weight excluding hydrogens is 156 g/mol. The van der Waals surface area contributed by atoms with Gasteiger partial charge in [0.1, 0.15) is 0 Å². The molecule has 0 radical (unpaired) electrons. The third-order valence-corrected chi connectivity index (χ3v) is 1.14. The Bertz CT molecular complexity index is 241. The molecule has 0 saturated heterocycles. The van der Waals surface area contributed by atoms with Crippen LogP contribution in [-0.4, -0.2) is 4.98 Å². The zero-order valence-corrected chi connectivity index (χ0v) is 5.58. The van der Waals surface area contributed by atoms with E-state index in [-0.39, 0.29) is 10.9 Å². The lowest BCUT2D eigenvalue weighted by Gasteiger charge is -1.93. The standard InChI is InChI=1S/C5H3ClN2O2/c6-5-4(10-8-9)2-1-3-7-5/h1-3H. The summed E-state index contributed by atoms with van der Waals surface area (Å²) in [6, 6.07) is 3.09. The second-order valence-corrected chi connectivity index (χ2v) is 1.82. The summed E-state index contributed by atoms with van der Waals surface area (Å²) >= 11 is 5.47. The molecule has 0 N–H and O–H groups in total. The third-order valence-electron chi connectivity index (χ3n) is 0.860. The fourth-order valence-corrected chi connectivity index (χ4v) is 0.633. The Balaban J connectivity index is 2.91. The highest BCUT2D eigenvalue weighted by atomic mass is 35.5. The molecule has 1 rings (SSSR count). The predicted octanol–water partition coefficient (Wildman–Crippen LogP) is 1.80. The Labute approximate surface area is 61.7 Å². The van der Waals surface area contributed by atoms with Crippen LogP contribution in [-0.2, 0) is 0 Å². The minimum Gasteiger partial charge on any atom is -0.321 e. The first-order valence-electron chi connectivity index (χ1n) is 2.45. The molecule has 0 fully saturated rings. The van der Waals surface area contributed by atoms with E-state index in [1.165, 1.54) is 12.3 Å². The summed E-state index contributed by atoms with van der Waals surface area (Å²) in [6.45, 7) is 0. The van der Waals surface area contributed by atoms with Crippen molar-refractivity contribution in [2.24, 2.45) is 5.34 Å². The number of hydrogen-bond acceptors (Lipinski definition) is 4. The maximum atomic E-state index is 9.57. The van der Waals surface area contributed by atoms with E-state index in [1.54, 1.807) is 6.07 Å². The minimum absolute atomic E-state index is 0.127. The quantitative estimate of drug-likeness (QED) is 0.375. The molecular formula is C5H3ClN2O2. The SMILES string of the molecule is O=NOc1cccnc1Cl. The van der Waals surface area contributed by atoms with Crippen molar-refractivity contribution in [3.8, 4) is 5.75 Å². The van der Waals surface area contributed by atoms with Gasteiger partial charge in [0.25, 0.3) is 0 Å². The molecule has 0 saturated carbocycles. The molecule has 0 spiro atoms. The maximum absolute atomic E-state index is 9.57. The van der Waals surface area contributed by atoms with Crippen LogP contribution in [0.3, 0.4) is 0 Å². The zero-order chi connectivity index (χ0) is 7.40. The van der Waals surface area contributed by atoms with Crippen LogP contribution < -0.4 is 4.84 Å². The summed E-state index contributed by atoms with van der Waals surface area (Å²) in [5, 5.41) is 2.32. The lowest BCUT2D eigenvalue weighted by Crippen LogP contribution is -1.82. The zero-order valence-electron chi connectivity index (χ0n) is 4.82. The van der Waals surface area contributed by atoms with Crippen molar-refractivity contribution in [1.82, 2.24) is 4.98 Å². The summed E-state index contributed by atoms with van der Waals surface area (Å²) in [5.74, 6) is 0.166. The van der Waals surface area contributed by atoms with E-state index in [0.717, 1.165) is 0 Å². The molecule has 0 aromatic carbocycles. The molecule has 1 aromatic heterocycles. The van der Waals surface area contributed by atoms with Crippen molar-refractivity contribution in [3.63, 3.8) is 0 Å². The molecule has 0 unspecified atom stereocenters. The summed E-state index contributed by atoms with van der Waals surface area (Å²) < 4.78 is 0. The summed E-state index contributed by atoms with van der Waals surface area (Å²) in [4.78, 5) is 17.4. The van der Waals surface area contributed by atoms with Gasteiger partial charge in [0.05, 0.1) is 0 Å². The Morgan fingerprint density at radius 3 is 3.10 bits per heavy atom. The minimum atomic E-state index is 0.127. The van der Waals surface area contributed by atoms with E-state index >= 15 is 0 Å². The number of halogens is 1. The van der Waals surface area contributed by atoms with Crippen molar-refractivity contribution in [3.05, 3.63) is 28.4 Å². The van der Waals surface area contributed by atoms with Gasteiger partial charge in [-0.1, -0.05) is 11.6 Å². The molecule has 0 atom stereocenters. The van der Waals surface area contributed by atoms with Crippen LogP contribution in [0.25, 0.3) is 0 Å². The van der Waals surface area contributed by atoms with E-state index < -0.39 is 0 Å². The molecule has 5 heteroatoms. The number of pyridine rings is 1. The van der Waals surface area contributed by atoms with Crippen molar-refractivity contribution in [2.45, 2.75) is 0 Å². The van der Waals surface area contributed by atoms with Gasteiger partial charge in [0.15, 0.2) is 16.2 Å². The van der Waals surface area contributed by atoms with E-state index in [4.69, 9.17) is 11.6 Å². The molecule has 0 amide bonds. The van der Waals surface area contributed by atoms with Crippen molar-refractivity contribution >= 4 is 11.6 Å². The molecule has 1 heterocycles. The van der Waals surface area contributed by atoms with Crippen LogP contribution in [0.2, 0.25) is 5.15 Å². The van der Waals surface area contributed by atoms with Crippen LogP contribution in [0.1, 0.15) is 0 Å². The first kappa shape index (κ1) is 6.95. The lowest BCUT2D eigenvalue weighted by atomic mass is 10.5. The average Bonchev–Trinajstić information content (AvgIpc) is 1.94. The van der Waals surface area contributed by atoms with E-state index in [0.29, 0.717) is 0 Å². The normalized spacial score (nSPS) is 8.90. The van der Waals surface area contributed by atoms with Crippen LogP contribution in [0.4, 0.5) is 0 Å². The Morgan fingerprint density at radius 1 is 1.70 bits per heavy atom. The monoisotopic (exact) mass is 158 g/mol. The highest BCUT2D eigenvalue weighted by Crippen LogP contribution is 2.19. The van der Waals surface area contributed by atoms with Crippen molar-refractivity contribution in [2.75, 3.05) is 0 Å². The average molecular weight is 159 g/mol. The van der Waals surface area contributed by atoms with Crippen molar-refractivity contribution < 1.29 is 4.84 Å². The number of aromatic nitrogens is 1. The predicted molar refractivity (Wildman–Crippen MR) is 35.7 cm³/mol. The molecule has 4 nitrogen and oxygen atoms in total. The Hall–Kier alpha value is -1.16. The topological polar surface area (TPSA) is 51.5 Å². The van der Waals surface area contributed by atoms with Crippen LogP contribution >= 0.6 is 11.6 Å². The van der Waals surface area contributed by atoms with Gasteiger partial charge in [0.2, 0.25) is 0 Å². The van der Waals surface area contributed by atoms with Gasteiger partial charge >= 0.3 is 0 Å². The fourth-order valence-electron chi connectivity index (χ4n) is 0.480. The molecule has 0 aliphatic heterocycles. The first-order chi connectivity index (χ1) is 4.84. The molecule has 0 aliphatic carbocycles. The van der Waals surface area contributed by atoms with E-state index in [1.807, 2.05) is 0 Å². The van der Waals surface area contributed by atoms with Gasteiger partial charge in [-0.15, -0.1) is 4.91 Å². The molecule has 1 aromatic rings.